The van der Waals surface area contributed by atoms with E-state index in [0.717, 1.165) is 0 Å². The van der Waals surface area contributed by atoms with Gasteiger partial charge in [-0.3, -0.25) is 9.48 Å². The molecule has 1 atom stereocenters. The molecule has 0 aliphatic carbocycles. The molecule has 1 aromatic rings. The number of hydrogen-bond acceptors (Lipinski definition) is 5. The van der Waals surface area contributed by atoms with E-state index < -0.39 is 18.0 Å². The second kappa shape index (κ2) is 6.21. The number of aliphatic carboxylic acids is 1. The summed E-state index contributed by atoms with van der Waals surface area (Å²) in [5.74, 6) is -1.77. The van der Waals surface area contributed by atoms with Gasteiger partial charge in [-0.05, 0) is 20.3 Å². The van der Waals surface area contributed by atoms with Crippen LogP contribution in [0.1, 0.15) is 31.2 Å². The quantitative estimate of drug-likeness (QED) is 0.742. The van der Waals surface area contributed by atoms with E-state index >= 15 is 0 Å². The van der Waals surface area contributed by atoms with Crippen molar-refractivity contribution in [1.29, 1.82) is 0 Å². The zero-order chi connectivity index (χ0) is 14.6. The molecule has 1 unspecified atom stereocenters. The van der Waals surface area contributed by atoms with Gasteiger partial charge in [-0.2, -0.15) is 5.10 Å². The van der Waals surface area contributed by atoms with Crippen LogP contribution in [0.2, 0.25) is 0 Å². The highest BCUT2D eigenvalue weighted by molar-refractivity contribution is 5.78. The number of aromatic nitrogens is 2. The number of carbonyl (C=O) groups is 2. The Kier molecular flexibility index (Phi) is 4.91. The van der Waals surface area contributed by atoms with Gasteiger partial charge in [-0.25, -0.2) is 4.79 Å². The third-order valence-corrected chi connectivity index (χ3v) is 2.82. The van der Waals surface area contributed by atoms with Gasteiger partial charge >= 0.3 is 11.9 Å². The maximum Gasteiger partial charge on any atom is 0.345 e. The fourth-order valence-electron chi connectivity index (χ4n) is 1.68. The average Bonchev–Trinajstić information content (AvgIpc) is 2.56. The van der Waals surface area contributed by atoms with Gasteiger partial charge in [0.1, 0.15) is 6.54 Å². The molecule has 0 aliphatic heterocycles. The molecule has 1 heterocycles. The highest BCUT2D eigenvalue weighted by Crippen LogP contribution is 2.15. The molecule has 0 amide bonds. The fourth-order valence-corrected chi connectivity index (χ4v) is 1.68. The molecule has 0 aliphatic rings. The van der Waals surface area contributed by atoms with Crippen molar-refractivity contribution in [1.82, 2.24) is 9.78 Å². The smallest absolute Gasteiger partial charge is 0.345 e. The molecule has 1 aromatic heterocycles. The minimum atomic E-state index is -1.14. The Labute approximate surface area is 111 Å². The number of nitrogens with zero attached hydrogens (tertiary/aromatic N) is 2. The van der Waals surface area contributed by atoms with E-state index in [-0.39, 0.29) is 6.54 Å². The zero-order valence-corrected chi connectivity index (χ0v) is 11.3. The van der Waals surface area contributed by atoms with Crippen molar-refractivity contribution in [2.45, 2.75) is 46.3 Å². The molecule has 0 bridgehead atoms. The Bertz CT molecular complexity index is 482. The lowest BCUT2D eigenvalue weighted by molar-refractivity contribution is -0.165. The molecule has 0 saturated carbocycles. The normalized spacial score (nSPS) is 12.2. The van der Waals surface area contributed by atoms with Gasteiger partial charge in [-0.1, -0.05) is 13.3 Å². The SMILES string of the molecule is CCCC(OC(=O)Cn1nc(C)c(N)c1C)C(=O)O. The van der Waals surface area contributed by atoms with Crippen LogP contribution >= 0.6 is 0 Å². The molecule has 0 fully saturated rings. The van der Waals surface area contributed by atoms with Gasteiger partial charge in [0, 0.05) is 0 Å². The Morgan fingerprint density at radius 3 is 2.53 bits per heavy atom. The summed E-state index contributed by atoms with van der Waals surface area (Å²) in [5, 5.41) is 13.0. The average molecular weight is 269 g/mol. The van der Waals surface area contributed by atoms with Crippen molar-refractivity contribution < 1.29 is 19.4 Å². The molecule has 7 nitrogen and oxygen atoms in total. The summed E-state index contributed by atoms with van der Waals surface area (Å²) in [4.78, 5) is 22.6. The number of carbonyl (C=O) groups excluding carboxylic acids is 1. The summed E-state index contributed by atoms with van der Waals surface area (Å²) < 4.78 is 6.33. The van der Waals surface area contributed by atoms with Crippen LogP contribution in [0.4, 0.5) is 5.69 Å². The number of anilines is 1. The maximum absolute atomic E-state index is 11.7. The Morgan fingerprint density at radius 1 is 1.47 bits per heavy atom. The van der Waals surface area contributed by atoms with Crippen LogP contribution in [0, 0.1) is 13.8 Å². The third-order valence-electron chi connectivity index (χ3n) is 2.82. The van der Waals surface area contributed by atoms with Gasteiger partial charge in [0.2, 0.25) is 0 Å². The number of nitrogens with two attached hydrogens (primary N) is 1. The Morgan fingerprint density at radius 2 is 2.11 bits per heavy atom. The molecular weight excluding hydrogens is 250 g/mol. The van der Waals surface area contributed by atoms with Crippen molar-refractivity contribution in [3.8, 4) is 0 Å². The summed E-state index contributed by atoms with van der Waals surface area (Å²) >= 11 is 0. The van der Waals surface area contributed by atoms with E-state index in [1.807, 2.05) is 6.92 Å². The molecule has 3 N–H and O–H groups in total. The second-order valence-corrected chi connectivity index (χ2v) is 4.35. The highest BCUT2D eigenvalue weighted by Gasteiger charge is 2.22. The molecule has 19 heavy (non-hydrogen) atoms. The summed E-state index contributed by atoms with van der Waals surface area (Å²) in [6.45, 7) is 5.16. The van der Waals surface area contributed by atoms with Crippen molar-refractivity contribution >= 4 is 17.6 Å². The van der Waals surface area contributed by atoms with Crippen molar-refractivity contribution in [2.75, 3.05) is 5.73 Å². The molecule has 0 radical (unpaired) electrons. The molecule has 1 rings (SSSR count). The van der Waals surface area contributed by atoms with Gasteiger partial charge in [0.25, 0.3) is 0 Å². The largest absolute Gasteiger partial charge is 0.479 e. The predicted octanol–water partition coefficient (Wildman–Crippen LogP) is 0.879. The van der Waals surface area contributed by atoms with E-state index in [0.29, 0.717) is 29.9 Å². The molecule has 7 heteroatoms. The number of ether oxygens (including phenoxy) is 1. The molecule has 106 valence electrons. The van der Waals surface area contributed by atoms with Gasteiger partial charge in [0.15, 0.2) is 6.10 Å². The highest BCUT2D eigenvalue weighted by atomic mass is 16.6. The lowest BCUT2D eigenvalue weighted by Gasteiger charge is -2.13. The third kappa shape index (κ3) is 3.70. The van der Waals surface area contributed by atoms with E-state index in [1.54, 1.807) is 13.8 Å². The predicted molar refractivity (Wildman–Crippen MR) is 68.5 cm³/mol. The van der Waals surface area contributed by atoms with E-state index in [2.05, 4.69) is 5.10 Å². The lowest BCUT2D eigenvalue weighted by atomic mass is 10.2. The first-order chi connectivity index (χ1) is 8.86. The number of carboxylic acid groups (broad SMARTS) is 1. The monoisotopic (exact) mass is 269 g/mol. The molecule has 0 spiro atoms. The minimum absolute atomic E-state index is 0.142. The zero-order valence-electron chi connectivity index (χ0n) is 11.3. The van der Waals surface area contributed by atoms with Gasteiger partial charge < -0.3 is 15.6 Å². The summed E-state index contributed by atoms with van der Waals surface area (Å²) in [7, 11) is 0. The van der Waals surface area contributed by atoms with Gasteiger partial charge in [-0.15, -0.1) is 0 Å². The standard InChI is InChI=1S/C12H19N3O4/c1-4-5-9(12(17)18)19-10(16)6-15-8(3)11(13)7(2)14-15/h9H,4-6,13H2,1-3H3,(H,17,18). The fraction of sp³-hybridized carbons (Fsp3) is 0.583. The number of nitrogen functional groups attached to an aromatic ring is 1. The van der Waals surface area contributed by atoms with Crippen molar-refractivity contribution in [3.63, 3.8) is 0 Å². The number of rotatable bonds is 6. The minimum Gasteiger partial charge on any atom is -0.479 e. The van der Waals surface area contributed by atoms with Gasteiger partial charge in [0.05, 0.1) is 17.1 Å². The molecular formula is C12H19N3O4. The summed E-state index contributed by atoms with van der Waals surface area (Å²) in [5.41, 5.74) is 7.57. The van der Waals surface area contributed by atoms with Crippen LogP contribution in [0.15, 0.2) is 0 Å². The van der Waals surface area contributed by atoms with Crippen LogP contribution in [0.5, 0.6) is 0 Å². The van der Waals surface area contributed by atoms with Crippen LogP contribution in [0.3, 0.4) is 0 Å². The number of hydrogen-bond donors (Lipinski definition) is 2. The van der Waals surface area contributed by atoms with Crippen LogP contribution in [-0.2, 0) is 20.9 Å². The first-order valence-electron chi connectivity index (χ1n) is 6.08. The topological polar surface area (TPSA) is 107 Å². The maximum atomic E-state index is 11.7. The summed E-state index contributed by atoms with van der Waals surface area (Å²) in [6.07, 6.45) is -0.191. The van der Waals surface area contributed by atoms with E-state index in [4.69, 9.17) is 15.6 Å². The Balaban J connectivity index is 2.69. The van der Waals surface area contributed by atoms with Crippen LogP contribution < -0.4 is 5.73 Å². The molecule has 0 aromatic carbocycles. The van der Waals surface area contributed by atoms with Crippen LogP contribution in [0.25, 0.3) is 0 Å². The number of carboxylic acids is 1. The van der Waals surface area contributed by atoms with E-state index in [1.165, 1.54) is 4.68 Å². The first-order valence-corrected chi connectivity index (χ1v) is 6.08. The number of esters is 1. The molecule has 0 saturated heterocycles. The van der Waals surface area contributed by atoms with E-state index in [9.17, 15) is 9.59 Å². The Hall–Kier alpha value is -2.05. The first kappa shape index (κ1) is 15.0. The number of aryl methyl sites for hydroxylation is 1. The lowest BCUT2D eigenvalue weighted by Crippen LogP contribution is -2.29. The van der Waals surface area contributed by atoms with Crippen LogP contribution in [-0.4, -0.2) is 32.9 Å². The summed E-state index contributed by atoms with van der Waals surface area (Å²) in [6, 6.07) is 0. The van der Waals surface area contributed by atoms with Crippen molar-refractivity contribution in [2.24, 2.45) is 0 Å². The second-order valence-electron chi connectivity index (χ2n) is 4.35. The van der Waals surface area contributed by atoms with Crippen molar-refractivity contribution in [3.05, 3.63) is 11.4 Å².